The number of aliphatic hydroxyl groups is 1. The number of hydrogen-bond donors (Lipinski definition) is 1. The highest BCUT2D eigenvalue weighted by molar-refractivity contribution is 7.94. The maximum Gasteiger partial charge on any atom is 0.449 e. The van der Waals surface area contributed by atoms with Crippen LogP contribution >= 0.6 is 0 Å². The summed E-state index contributed by atoms with van der Waals surface area (Å²) in [5.74, 6) is -2.06. The first-order chi connectivity index (χ1) is 5.07. The molecule has 0 amide bonds. The molecule has 0 aliphatic rings. The molecule has 0 saturated carbocycles. The molecule has 0 aliphatic heterocycles. The average molecular weight is 204 g/mol. The zero-order valence-electron chi connectivity index (χ0n) is 6.31. The molecule has 7 heteroatoms. The normalized spacial score (nSPS) is 15.8. The van der Waals surface area contributed by atoms with Gasteiger partial charge in [0, 0.05) is 6.26 Å². The van der Waals surface area contributed by atoms with Crippen LogP contribution in [0.4, 0.5) is 13.2 Å². The summed E-state index contributed by atoms with van der Waals surface area (Å²) in [6.07, 6.45) is -4.42. The molecular formula is C5H7F3O3S. The zero-order chi connectivity index (χ0) is 10.2. The lowest BCUT2D eigenvalue weighted by Gasteiger charge is -2.07. The number of alkyl halides is 3. The van der Waals surface area contributed by atoms with Crippen molar-refractivity contribution in [3.05, 3.63) is 10.7 Å². The molecule has 0 aliphatic carbocycles. The first kappa shape index (κ1) is 11.3. The molecule has 0 atom stereocenters. The van der Waals surface area contributed by atoms with Gasteiger partial charge in [0.05, 0.1) is 4.91 Å². The minimum atomic E-state index is -5.01. The molecule has 0 aromatic rings. The van der Waals surface area contributed by atoms with Crippen LogP contribution in [0.3, 0.4) is 0 Å². The molecule has 0 aromatic heterocycles. The Bertz CT molecular complexity index is 298. The Morgan fingerprint density at radius 1 is 1.33 bits per heavy atom. The van der Waals surface area contributed by atoms with E-state index in [1.807, 2.05) is 0 Å². The van der Waals surface area contributed by atoms with Gasteiger partial charge < -0.3 is 5.11 Å². The van der Waals surface area contributed by atoms with Gasteiger partial charge in [-0.3, -0.25) is 0 Å². The van der Waals surface area contributed by atoms with Gasteiger partial charge in [-0.05, 0) is 6.92 Å². The molecule has 0 spiro atoms. The lowest BCUT2D eigenvalue weighted by atomic mass is 10.4. The smallest absolute Gasteiger partial charge is 0.449 e. The third-order valence-electron chi connectivity index (χ3n) is 1.16. The highest BCUT2D eigenvalue weighted by Crippen LogP contribution is 2.27. The van der Waals surface area contributed by atoms with E-state index in [0.29, 0.717) is 13.2 Å². The van der Waals surface area contributed by atoms with Gasteiger partial charge in [0.25, 0.3) is 0 Å². The van der Waals surface area contributed by atoms with Crippen molar-refractivity contribution in [1.29, 1.82) is 0 Å². The molecule has 0 saturated heterocycles. The second kappa shape index (κ2) is 2.96. The summed E-state index contributed by atoms with van der Waals surface area (Å²) in [5.41, 5.74) is 0. The molecule has 0 radical (unpaired) electrons. The molecule has 0 aromatic carbocycles. The monoisotopic (exact) mass is 204 g/mol. The van der Waals surface area contributed by atoms with Crippen molar-refractivity contribution in [1.82, 2.24) is 0 Å². The van der Waals surface area contributed by atoms with E-state index in [4.69, 9.17) is 5.11 Å². The first-order valence-corrected chi connectivity index (χ1v) is 4.63. The van der Waals surface area contributed by atoms with E-state index < -0.39 is 26.7 Å². The number of aliphatic hydroxyl groups excluding tert-OH is 1. The Hall–Kier alpha value is -0.720. The van der Waals surface area contributed by atoms with E-state index in [0.717, 1.165) is 0 Å². The average Bonchev–Trinajstić information content (AvgIpc) is 1.80. The Labute approximate surface area is 67.4 Å². The molecule has 0 heterocycles. The molecule has 0 unspecified atom stereocenters. The van der Waals surface area contributed by atoms with E-state index in [2.05, 4.69) is 0 Å². The summed E-state index contributed by atoms with van der Waals surface area (Å²) in [7, 11) is -3.98. The van der Waals surface area contributed by atoms with Gasteiger partial charge >= 0.3 is 6.18 Å². The SMILES string of the molecule is CC(=C(O)C(F)(F)F)S(C)(=O)=O. The van der Waals surface area contributed by atoms with Gasteiger partial charge in [-0.15, -0.1) is 0 Å². The standard InChI is InChI=1S/C5H7F3O3S/c1-3(12(2,10)11)4(9)5(6,7)8/h9H,1-2H3. The van der Waals surface area contributed by atoms with Crippen molar-refractivity contribution >= 4 is 9.84 Å². The van der Waals surface area contributed by atoms with E-state index in [1.165, 1.54) is 0 Å². The second-order valence-corrected chi connectivity index (χ2v) is 4.33. The Balaban J connectivity index is 5.26. The van der Waals surface area contributed by atoms with Gasteiger partial charge in [-0.25, -0.2) is 8.42 Å². The number of allylic oxidation sites excluding steroid dienone is 2. The van der Waals surface area contributed by atoms with Crippen molar-refractivity contribution in [2.24, 2.45) is 0 Å². The number of rotatable bonds is 1. The van der Waals surface area contributed by atoms with Crippen LogP contribution in [0.25, 0.3) is 0 Å². The van der Waals surface area contributed by atoms with E-state index in [9.17, 15) is 21.6 Å². The van der Waals surface area contributed by atoms with Crippen LogP contribution in [0.1, 0.15) is 6.92 Å². The predicted molar refractivity (Wildman–Crippen MR) is 36.2 cm³/mol. The van der Waals surface area contributed by atoms with Crippen molar-refractivity contribution in [3.8, 4) is 0 Å². The second-order valence-electron chi connectivity index (χ2n) is 2.17. The third kappa shape index (κ3) is 2.72. The molecule has 0 fully saturated rings. The summed E-state index contributed by atoms with van der Waals surface area (Å²) in [6.45, 7) is 0.693. The highest BCUT2D eigenvalue weighted by atomic mass is 32.2. The molecule has 12 heavy (non-hydrogen) atoms. The van der Waals surface area contributed by atoms with Gasteiger partial charge in [0.1, 0.15) is 0 Å². The zero-order valence-corrected chi connectivity index (χ0v) is 7.12. The van der Waals surface area contributed by atoms with Crippen molar-refractivity contribution in [3.63, 3.8) is 0 Å². The lowest BCUT2D eigenvalue weighted by molar-refractivity contribution is -0.121. The van der Waals surface area contributed by atoms with Crippen LogP contribution in [0.15, 0.2) is 10.7 Å². The fraction of sp³-hybridized carbons (Fsp3) is 0.600. The first-order valence-electron chi connectivity index (χ1n) is 2.74. The van der Waals surface area contributed by atoms with E-state index in [1.54, 1.807) is 0 Å². The minimum Gasteiger partial charge on any atom is -0.504 e. The molecule has 0 rings (SSSR count). The predicted octanol–water partition coefficient (Wildman–Crippen LogP) is 1.38. The van der Waals surface area contributed by atoms with E-state index >= 15 is 0 Å². The number of sulfone groups is 1. The fourth-order valence-corrected chi connectivity index (χ4v) is 0.842. The van der Waals surface area contributed by atoms with Gasteiger partial charge in [0.2, 0.25) is 5.76 Å². The van der Waals surface area contributed by atoms with Crippen LogP contribution < -0.4 is 0 Å². The Kier molecular flexibility index (Phi) is 2.79. The van der Waals surface area contributed by atoms with Crippen molar-refractivity contribution in [2.75, 3.05) is 6.26 Å². The molecule has 1 N–H and O–H groups in total. The summed E-state index contributed by atoms with van der Waals surface area (Å²) in [5, 5.41) is 8.37. The Morgan fingerprint density at radius 2 is 1.67 bits per heavy atom. The van der Waals surface area contributed by atoms with Crippen molar-refractivity contribution < 1.29 is 26.7 Å². The molecule has 3 nitrogen and oxygen atoms in total. The van der Waals surface area contributed by atoms with Gasteiger partial charge in [-0.1, -0.05) is 0 Å². The number of halogens is 3. The van der Waals surface area contributed by atoms with Crippen LogP contribution in [-0.4, -0.2) is 26.0 Å². The van der Waals surface area contributed by atoms with Gasteiger partial charge in [-0.2, -0.15) is 13.2 Å². The highest BCUT2D eigenvalue weighted by Gasteiger charge is 2.37. The lowest BCUT2D eigenvalue weighted by Crippen LogP contribution is -2.16. The van der Waals surface area contributed by atoms with Crippen molar-refractivity contribution in [2.45, 2.75) is 13.1 Å². The quantitative estimate of drug-likeness (QED) is 0.656. The number of hydrogen-bond acceptors (Lipinski definition) is 3. The summed E-state index contributed by atoms with van der Waals surface area (Å²) in [4.78, 5) is -1.07. The fourth-order valence-electron chi connectivity index (χ4n) is 0.375. The summed E-state index contributed by atoms with van der Waals surface area (Å²) in [6, 6.07) is 0. The molecule has 0 bridgehead atoms. The molecular weight excluding hydrogens is 197 g/mol. The van der Waals surface area contributed by atoms with Gasteiger partial charge in [0.15, 0.2) is 9.84 Å². The largest absolute Gasteiger partial charge is 0.504 e. The van der Waals surface area contributed by atoms with E-state index in [-0.39, 0.29) is 0 Å². The van der Waals surface area contributed by atoms with Crippen LogP contribution in [-0.2, 0) is 9.84 Å². The van der Waals surface area contributed by atoms with Crippen LogP contribution in [0.2, 0.25) is 0 Å². The maximum absolute atomic E-state index is 11.7. The third-order valence-corrected chi connectivity index (χ3v) is 2.46. The summed E-state index contributed by atoms with van der Waals surface area (Å²) >= 11 is 0. The summed E-state index contributed by atoms with van der Waals surface area (Å²) < 4.78 is 56.0. The molecule has 72 valence electrons. The topological polar surface area (TPSA) is 54.4 Å². The Morgan fingerprint density at radius 3 is 1.75 bits per heavy atom. The maximum atomic E-state index is 11.7. The van der Waals surface area contributed by atoms with Crippen LogP contribution in [0.5, 0.6) is 0 Å². The minimum absolute atomic E-state index is 0.588. The van der Waals surface area contributed by atoms with Crippen LogP contribution in [0, 0.1) is 0 Å².